The highest BCUT2D eigenvalue weighted by Crippen LogP contribution is 2.22. The van der Waals surface area contributed by atoms with Crippen molar-refractivity contribution in [3.8, 4) is 0 Å². The molecule has 0 amide bonds. The summed E-state index contributed by atoms with van der Waals surface area (Å²) in [4.78, 5) is 24.7. The highest BCUT2D eigenvalue weighted by Gasteiger charge is 2.17. The quantitative estimate of drug-likeness (QED) is 0.596. The molecule has 7 heteroatoms. The maximum atomic E-state index is 10.7. The van der Waals surface area contributed by atoms with E-state index in [0.717, 1.165) is 0 Å². The van der Waals surface area contributed by atoms with Crippen LogP contribution in [0.15, 0.2) is 12.1 Å². The Balaban J connectivity index is 2.92. The summed E-state index contributed by atoms with van der Waals surface area (Å²) in [6.07, 6.45) is -0.132. The van der Waals surface area contributed by atoms with Gasteiger partial charge in [-0.15, -0.1) is 0 Å². The number of carboxylic acid groups (broad SMARTS) is 1. The number of hydrogen-bond donors (Lipinski definition) is 2. The SMILES string of the molecule is Cc1ccc([N+](=O)[O-])c(NC(C)CC(=O)O)n1. The number of hydrogen-bond acceptors (Lipinski definition) is 5. The lowest BCUT2D eigenvalue weighted by Gasteiger charge is -2.12. The number of nitrogens with zero attached hydrogens (tertiary/aromatic N) is 2. The third-order valence-corrected chi connectivity index (χ3v) is 2.07. The zero-order chi connectivity index (χ0) is 13.0. The van der Waals surface area contributed by atoms with Crippen LogP contribution in [0.25, 0.3) is 0 Å². The van der Waals surface area contributed by atoms with Crippen LogP contribution in [0.1, 0.15) is 19.0 Å². The zero-order valence-corrected chi connectivity index (χ0v) is 9.51. The summed E-state index contributed by atoms with van der Waals surface area (Å²) in [5.41, 5.74) is 0.466. The van der Waals surface area contributed by atoms with Crippen molar-refractivity contribution < 1.29 is 14.8 Å². The Bertz CT molecular complexity index is 447. The maximum Gasteiger partial charge on any atom is 0.311 e. The average molecular weight is 239 g/mol. The Morgan fingerprint density at radius 3 is 2.82 bits per heavy atom. The summed E-state index contributed by atoms with van der Waals surface area (Å²) < 4.78 is 0. The Morgan fingerprint density at radius 1 is 1.65 bits per heavy atom. The second-order valence-corrected chi connectivity index (χ2v) is 3.72. The second kappa shape index (κ2) is 5.24. The first-order chi connectivity index (χ1) is 7.90. The van der Waals surface area contributed by atoms with Gasteiger partial charge in [0, 0.05) is 17.8 Å². The van der Waals surface area contributed by atoms with E-state index in [1.165, 1.54) is 12.1 Å². The predicted octanol–water partition coefficient (Wildman–Crippen LogP) is 1.57. The van der Waals surface area contributed by atoms with Crippen molar-refractivity contribution in [2.24, 2.45) is 0 Å². The number of anilines is 1. The molecule has 0 saturated carbocycles. The Labute approximate surface area is 97.6 Å². The molecule has 1 rings (SSSR count). The predicted molar refractivity (Wildman–Crippen MR) is 61.0 cm³/mol. The van der Waals surface area contributed by atoms with Crippen LogP contribution in [0.5, 0.6) is 0 Å². The van der Waals surface area contributed by atoms with Gasteiger partial charge in [0.05, 0.1) is 11.3 Å². The van der Waals surface area contributed by atoms with E-state index < -0.39 is 16.9 Å². The van der Waals surface area contributed by atoms with Crippen molar-refractivity contribution in [1.82, 2.24) is 4.98 Å². The minimum Gasteiger partial charge on any atom is -0.481 e. The molecular weight excluding hydrogens is 226 g/mol. The molecule has 0 fully saturated rings. The Morgan fingerprint density at radius 2 is 2.29 bits per heavy atom. The normalized spacial score (nSPS) is 11.9. The average Bonchev–Trinajstić information content (AvgIpc) is 2.15. The standard InChI is InChI=1S/C10H13N3O4/c1-6-3-4-8(13(16)17)10(11-6)12-7(2)5-9(14)15/h3-4,7H,5H2,1-2H3,(H,11,12)(H,14,15). The van der Waals surface area contributed by atoms with E-state index in [9.17, 15) is 14.9 Å². The molecule has 1 aromatic heterocycles. The van der Waals surface area contributed by atoms with E-state index in [1.807, 2.05) is 0 Å². The number of nitrogens with one attached hydrogen (secondary N) is 1. The summed E-state index contributed by atoms with van der Waals surface area (Å²) in [7, 11) is 0. The van der Waals surface area contributed by atoms with Crippen LogP contribution in [0, 0.1) is 17.0 Å². The van der Waals surface area contributed by atoms with Gasteiger partial charge in [0.15, 0.2) is 0 Å². The first kappa shape index (κ1) is 12.9. The third-order valence-electron chi connectivity index (χ3n) is 2.07. The lowest BCUT2D eigenvalue weighted by Crippen LogP contribution is -2.20. The van der Waals surface area contributed by atoms with Gasteiger partial charge in [0.1, 0.15) is 0 Å². The molecule has 1 atom stereocenters. The van der Waals surface area contributed by atoms with E-state index >= 15 is 0 Å². The van der Waals surface area contributed by atoms with Gasteiger partial charge in [-0.25, -0.2) is 4.98 Å². The molecule has 0 aliphatic carbocycles. The lowest BCUT2D eigenvalue weighted by molar-refractivity contribution is -0.384. The van der Waals surface area contributed by atoms with E-state index in [0.29, 0.717) is 5.69 Å². The van der Waals surface area contributed by atoms with Gasteiger partial charge in [0.2, 0.25) is 5.82 Å². The monoisotopic (exact) mass is 239 g/mol. The van der Waals surface area contributed by atoms with Gasteiger partial charge < -0.3 is 10.4 Å². The van der Waals surface area contributed by atoms with Gasteiger partial charge >= 0.3 is 11.7 Å². The minimum atomic E-state index is -0.972. The fourth-order valence-corrected chi connectivity index (χ4v) is 1.35. The molecule has 0 radical (unpaired) electrons. The molecule has 0 aromatic carbocycles. The Hall–Kier alpha value is -2.18. The van der Waals surface area contributed by atoms with Gasteiger partial charge in [-0.05, 0) is 19.9 Å². The zero-order valence-electron chi connectivity index (χ0n) is 9.51. The van der Waals surface area contributed by atoms with Crippen LogP contribution < -0.4 is 5.32 Å². The highest BCUT2D eigenvalue weighted by molar-refractivity contribution is 5.68. The first-order valence-electron chi connectivity index (χ1n) is 5.00. The van der Waals surface area contributed by atoms with Crippen LogP contribution in [0.4, 0.5) is 11.5 Å². The fraction of sp³-hybridized carbons (Fsp3) is 0.400. The Kier molecular flexibility index (Phi) is 3.97. The van der Waals surface area contributed by atoms with Gasteiger partial charge in [-0.3, -0.25) is 14.9 Å². The highest BCUT2D eigenvalue weighted by atomic mass is 16.6. The van der Waals surface area contributed by atoms with Crippen molar-refractivity contribution in [2.45, 2.75) is 26.3 Å². The summed E-state index contributed by atoms with van der Waals surface area (Å²) in [6, 6.07) is 2.45. The van der Waals surface area contributed by atoms with Crippen molar-refractivity contribution in [3.05, 3.63) is 27.9 Å². The molecule has 1 heterocycles. The van der Waals surface area contributed by atoms with Crippen molar-refractivity contribution >= 4 is 17.5 Å². The number of nitro groups is 1. The summed E-state index contributed by atoms with van der Waals surface area (Å²) in [5, 5.41) is 22.1. The van der Waals surface area contributed by atoms with Crippen LogP contribution in [-0.4, -0.2) is 27.0 Å². The van der Waals surface area contributed by atoms with Gasteiger partial charge in [-0.1, -0.05) is 0 Å². The van der Waals surface area contributed by atoms with Crippen LogP contribution in [0.2, 0.25) is 0 Å². The fourth-order valence-electron chi connectivity index (χ4n) is 1.35. The molecule has 0 aliphatic rings. The van der Waals surface area contributed by atoms with Crippen LogP contribution in [0.3, 0.4) is 0 Å². The molecule has 0 saturated heterocycles. The van der Waals surface area contributed by atoms with Gasteiger partial charge in [-0.2, -0.15) is 0 Å². The van der Waals surface area contributed by atoms with E-state index in [2.05, 4.69) is 10.3 Å². The number of aryl methyl sites for hydroxylation is 1. The maximum absolute atomic E-state index is 10.7. The second-order valence-electron chi connectivity index (χ2n) is 3.72. The topological polar surface area (TPSA) is 105 Å². The number of carboxylic acids is 1. The lowest BCUT2D eigenvalue weighted by atomic mass is 10.2. The van der Waals surface area contributed by atoms with E-state index in [1.54, 1.807) is 13.8 Å². The van der Waals surface area contributed by atoms with Crippen molar-refractivity contribution in [3.63, 3.8) is 0 Å². The van der Waals surface area contributed by atoms with Gasteiger partial charge in [0.25, 0.3) is 0 Å². The molecule has 7 nitrogen and oxygen atoms in total. The molecule has 0 spiro atoms. The number of rotatable bonds is 5. The van der Waals surface area contributed by atoms with Crippen LogP contribution in [-0.2, 0) is 4.79 Å². The number of carbonyl (C=O) groups is 1. The largest absolute Gasteiger partial charge is 0.481 e. The molecule has 1 unspecified atom stereocenters. The molecule has 17 heavy (non-hydrogen) atoms. The molecule has 0 bridgehead atoms. The van der Waals surface area contributed by atoms with Crippen molar-refractivity contribution in [1.29, 1.82) is 0 Å². The summed E-state index contributed by atoms with van der Waals surface area (Å²) in [5.74, 6) is -0.871. The third kappa shape index (κ3) is 3.71. The number of pyridine rings is 1. The molecular formula is C10H13N3O4. The molecule has 1 aromatic rings. The summed E-state index contributed by atoms with van der Waals surface area (Å²) in [6.45, 7) is 3.33. The molecule has 92 valence electrons. The first-order valence-corrected chi connectivity index (χ1v) is 5.00. The molecule has 2 N–H and O–H groups in total. The summed E-state index contributed by atoms with van der Waals surface area (Å²) >= 11 is 0. The van der Waals surface area contributed by atoms with E-state index in [-0.39, 0.29) is 17.9 Å². The van der Waals surface area contributed by atoms with Crippen molar-refractivity contribution in [2.75, 3.05) is 5.32 Å². The number of aliphatic carboxylic acids is 1. The number of aromatic nitrogens is 1. The smallest absolute Gasteiger partial charge is 0.311 e. The van der Waals surface area contributed by atoms with Crippen LogP contribution >= 0.6 is 0 Å². The molecule has 0 aliphatic heterocycles. The minimum absolute atomic E-state index is 0.101. The van der Waals surface area contributed by atoms with E-state index in [4.69, 9.17) is 5.11 Å².